The van der Waals surface area contributed by atoms with Crippen LogP contribution < -0.4 is 16.0 Å². The highest BCUT2D eigenvalue weighted by Gasteiger charge is 2.17. The van der Waals surface area contributed by atoms with E-state index in [-0.39, 0.29) is 6.61 Å². The highest BCUT2D eigenvalue weighted by molar-refractivity contribution is 6.00. The lowest BCUT2D eigenvalue weighted by Crippen LogP contribution is -2.31. The first kappa shape index (κ1) is 19.6. The number of imidazole rings is 1. The molecule has 0 saturated carbocycles. The maximum atomic E-state index is 12.4. The van der Waals surface area contributed by atoms with Crippen molar-refractivity contribution in [3.05, 3.63) is 68.6 Å². The number of carbonyl (C=O) groups excluding carboxylic acids is 1. The number of nitrogens with one attached hydrogen (secondary N) is 1. The lowest BCUT2D eigenvalue weighted by atomic mass is 10.0. The van der Waals surface area contributed by atoms with Crippen molar-refractivity contribution in [3.8, 4) is 5.75 Å². The smallest absolute Gasteiger partial charge is 0.330 e. The Balaban J connectivity index is 1.73. The van der Waals surface area contributed by atoms with Crippen molar-refractivity contribution in [2.24, 2.45) is 7.05 Å². The Kier molecular flexibility index (Phi) is 5.22. The fraction of sp³-hybridized carbons (Fsp3) is 0.273. The second-order valence-electron chi connectivity index (χ2n) is 7.13. The number of H-pyrrole nitrogens is 1. The van der Waals surface area contributed by atoms with Crippen LogP contribution in [0, 0.1) is 0 Å². The van der Waals surface area contributed by atoms with Crippen LogP contribution in [0.5, 0.6) is 5.75 Å². The van der Waals surface area contributed by atoms with Crippen molar-refractivity contribution in [1.82, 2.24) is 19.1 Å². The Bertz CT molecular complexity index is 1360. The van der Waals surface area contributed by atoms with Crippen LogP contribution in [-0.2, 0) is 20.2 Å². The highest BCUT2D eigenvalue weighted by Crippen LogP contribution is 2.27. The van der Waals surface area contributed by atoms with Crippen molar-refractivity contribution in [1.29, 1.82) is 0 Å². The first-order valence-corrected chi connectivity index (χ1v) is 9.83. The number of benzene rings is 2. The largest absolute Gasteiger partial charge is 0.485 e. The van der Waals surface area contributed by atoms with Gasteiger partial charge in [0.05, 0.1) is 5.56 Å². The van der Waals surface area contributed by atoms with Crippen LogP contribution in [0.2, 0.25) is 0 Å². The minimum atomic E-state index is -0.483. The van der Waals surface area contributed by atoms with E-state index in [0.717, 1.165) is 29.9 Å². The average Bonchev–Trinajstić information content (AvgIpc) is 3.08. The van der Waals surface area contributed by atoms with E-state index in [1.54, 1.807) is 17.7 Å². The van der Waals surface area contributed by atoms with E-state index >= 15 is 0 Å². The van der Waals surface area contributed by atoms with Gasteiger partial charge >= 0.3 is 5.69 Å². The molecule has 0 fully saturated rings. The second kappa shape index (κ2) is 7.98. The number of aldehydes is 1. The Hall–Kier alpha value is -3.68. The summed E-state index contributed by atoms with van der Waals surface area (Å²) in [7, 11) is 1.71. The molecule has 2 heterocycles. The predicted molar refractivity (Wildman–Crippen MR) is 114 cm³/mol. The van der Waals surface area contributed by atoms with E-state index in [0.29, 0.717) is 34.8 Å². The Labute approximate surface area is 171 Å². The SMILES string of the molecule is CCCCn1c(=O)[nH]c(=O)c2c1nc(COc1ccc3ccccc3c1C=O)n2C. The molecule has 0 aliphatic heterocycles. The van der Waals surface area contributed by atoms with Crippen molar-refractivity contribution in [3.63, 3.8) is 0 Å². The molecule has 0 spiro atoms. The van der Waals surface area contributed by atoms with Gasteiger partial charge in [0.15, 0.2) is 17.5 Å². The Morgan fingerprint density at radius 1 is 1.17 bits per heavy atom. The molecule has 4 aromatic rings. The molecule has 0 saturated heterocycles. The predicted octanol–water partition coefficient (Wildman–Crippen LogP) is 2.77. The number of nitrogens with zero attached hydrogens (tertiary/aromatic N) is 3. The molecule has 30 heavy (non-hydrogen) atoms. The standard InChI is InChI=1S/C22H22N4O4/c1-3-4-11-26-20-19(21(28)24-22(26)29)25(2)18(23-20)13-30-17-10-9-14-7-5-6-8-15(14)16(17)12-27/h5-10,12H,3-4,11,13H2,1-2H3,(H,24,28,29). The van der Waals surface area contributed by atoms with E-state index in [1.165, 1.54) is 4.57 Å². The average molecular weight is 406 g/mol. The number of hydrogen-bond donors (Lipinski definition) is 1. The lowest BCUT2D eigenvalue weighted by Gasteiger charge is -2.10. The number of hydrogen-bond acceptors (Lipinski definition) is 5. The quantitative estimate of drug-likeness (QED) is 0.476. The molecule has 154 valence electrons. The second-order valence-corrected chi connectivity index (χ2v) is 7.13. The summed E-state index contributed by atoms with van der Waals surface area (Å²) in [5.41, 5.74) is 0.169. The van der Waals surface area contributed by atoms with E-state index in [1.807, 2.05) is 37.3 Å². The summed E-state index contributed by atoms with van der Waals surface area (Å²) in [6.45, 7) is 2.55. The molecule has 1 N–H and O–H groups in total. The van der Waals surface area contributed by atoms with Gasteiger partial charge in [-0.05, 0) is 23.3 Å². The molecule has 2 aromatic heterocycles. The number of rotatable bonds is 7. The Morgan fingerprint density at radius 3 is 2.73 bits per heavy atom. The molecule has 0 aliphatic carbocycles. The van der Waals surface area contributed by atoms with Crippen LogP contribution in [0.4, 0.5) is 0 Å². The van der Waals surface area contributed by atoms with E-state index < -0.39 is 11.2 Å². The van der Waals surface area contributed by atoms with Gasteiger partial charge < -0.3 is 9.30 Å². The number of unbranched alkanes of at least 4 members (excludes halogenated alkanes) is 1. The topological polar surface area (TPSA) is 99.0 Å². The lowest BCUT2D eigenvalue weighted by molar-refractivity contribution is 0.112. The fourth-order valence-corrected chi connectivity index (χ4v) is 3.61. The van der Waals surface area contributed by atoms with Gasteiger partial charge in [-0.3, -0.25) is 19.1 Å². The fourth-order valence-electron chi connectivity index (χ4n) is 3.61. The minimum absolute atomic E-state index is 0.0474. The third-order valence-corrected chi connectivity index (χ3v) is 5.25. The van der Waals surface area contributed by atoms with Gasteiger partial charge in [0.25, 0.3) is 5.56 Å². The van der Waals surface area contributed by atoms with E-state index in [9.17, 15) is 14.4 Å². The number of aromatic amines is 1. The maximum absolute atomic E-state index is 12.4. The van der Waals surface area contributed by atoms with Crippen molar-refractivity contribution >= 4 is 28.2 Å². The van der Waals surface area contributed by atoms with Gasteiger partial charge in [-0.1, -0.05) is 43.7 Å². The van der Waals surface area contributed by atoms with Gasteiger partial charge in [-0.15, -0.1) is 0 Å². The van der Waals surface area contributed by atoms with Crippen LogP contribution in [0.15, 0.2) is 46.0 Å². The number of ether oxygens (including phenoxy) is 1. The van der Waals surface area contributed by atoms with Crippen molar-refractivity contribution in [2.45, 2.75) is 32.9 Å². The summed E-state index contributed by atoms with van der Waals surface area (Å²) in [4.78, 5) is 43.2. The van der Waals surface area contributed by atoms with Gasteiger partial charge in [0, 0.05) is 13.6 Å². The third-order valence-electron chi connectivity index (χ3n) is 5.25. The summed E-state index contributed by atoms with van der Waals surface area (Å²) >= 11 is 0. The summed E-state index contributed by atoms with van der Waals surface area (Å²) in [6, 6.07) is 11.2. The molecule has 0 aliphatic rings. The first-order chi connectivity index (χ1) is 14.5. The van der Waals surface area contributed by atoms with E-state index in [4.69, 9.17) is 4.74 Å². The molecule has 0 amide bonds. The zero-order chi connectivity index (χ0) is 21.3. The van der Waals surface area contributed by atoms with Gasteiger partial charge in [0.2, 0.25) is 0 Å². The van der Waals surface area contributed by atoms with Crippen LogP contribution in [-0.4, -0.2) is 25.4 Å². The molecule has 8 nitrogen and oxygen atoms in total. The third kappa shape index (κ3) is 3.30. The van der Waals surface area contributed by atoms with Crippen LogP contribution in [0.25, 0.3) is 21.9 Å². The highest BCUT2D eigenvalue weighted by atomic mass is 16.5. The van der Waals surface area contributed by atoms with Gasteiger partial charge in [0.1, 0.15) is 18.2 Å². The molecule has 8 heteroatoms. The number of aryl methyl sites for hydroxylation is 2. The summed E-state index contributed by atoms with van der Waals surface area (Å²) in [5.74, 6) is 0.921. The summed E-state index contributed by atoms with van der Waals surface area (Å²) in [6.07, 6.45) is 2.48. The molecular formula is C22H22N4O4. The monoisotopic (exact) mass is 406 g/mol. The minimum Gasteiger partial charge on any atom is -0.485 e. The zero-order valence-corrected chi connectivity index (χ0v) is 16.8. The number of fused-ring (bicyclic) bond motifs is 2. The molecular weight excluding hydrogens is 384 g/mol. The van der Waals surface area contributed by atoms with Crippen molar-refractivity contribution in [2.75, 3.05) is 0 Å². The maximum Gasteiger partial charge on any atom is 0.330 e. The first-order valence-electron chi connectivity index (χ1n) is 9.83. The van der Waals surface area contributed by atoms with Crippen LogP contribution in [0.1, 0.15) is 35.9 Å². The summed E-state index contributed by atoms with van der Waals surface area (Å²) in [5, 5.41) is 1.75. The number of aromatic nitrogens is 4. The zero-order valence-electron chi connectivity index (χ0n) is 16.8. The van der Waals surface area contributed by atoms with Crippen LogP contribution in [0.3, 0.4) is 0 Å². The normalized spacial score (nSPS) is 11.3. The Morgan fingerprint density at radius 2 is 1.97 bits per heavy atom. The molecule has 0 atom stereocenters. The molecule has 0 bridgehead atoms. The molecule has 0 radical (unpaired) electrons. The van der Waals surface area contributed by atoms with Gasteiger partial charge in [-0.25, -0.2) is 9.78 Å². The molecule has 4 rings (SSSR count). The molecule has 2 aromatic carbocycles. The number of carbonyl (C=O) groups is 1. The van der Waals surface area contributed by atoms with E-state index in [2.05, 4.69) is 9.97 Å². The molecule has 0 unspecified atom stereocenters. The summed E-state index contributed by atoms with van der Waals surface area (Å²) < 4.78 is 9.01. The van der Waals surface area contributed by atoms with Gasteiger partial charge in [-0.2, -0.15) is 0 Å². The van der Waals surface area contributed by atoms with Crippen LogP contribution >= 0.6 is 0 Å². The van der Waals surface area contributed by atoms with Crippen molar-refractivity contribution < 1.29 is 9.53 Å².